The Balaban J connectivity index is 1.48. The van der Waals surface area contributed by atoms with Crippen molar-refractivity contribution >= 4 is 17.5 Å². The zero-order valence-electron chi connectivity index (χ0n) is 15.7. The van der Waals surface area contributed by atoms with Crippen molar-refractivity contribution in [1.29, 1.82) is 0 Å². The Morgan fingerprint density at radius 1 is 1.07 bits per heavy atom. The molecule has 2 aromatic carbocycles. The molecule has 2 atom stereocenters. The van der Waals surface area contributed by atoms with E-state index in [4.69, 9.17) is 0 Å². The van der Waals surface area contributed by atoms with Crippen LogP contribution in [0.5, 0.6) is 0 Å². The first-order valence-corrected chi connectivity index (χ1v) is 9.41. The van der Waals surface area contributed by atoms with Gasteiger partial charge in [-0.15, -0.1) is 0 Å². The molecule has 142 valence electrons. The van der Waals surface area contributed by atoms with Crippen molar-refractivity contribution in [1.82, 2.24) is 5.32 Å². The van der Waals surface area contributed by atoms with Crippen molar-refractivity contribution in [3.05, 3.63) is 65.0 Å². The van der Waals surface area contributed by atoms with Gasteiger partial charge >= 0.3 is 0 Å². The number of halogens is 1. The highest BCUT2D eigenvalue weighted by molar-refractivity contribution is 6.00. The minimum absolute atomic E-state index is 0.0854. The number of nitrogens with one attached hydrogen (secondary N) is 2. The van der Waals surface area contributed by atoms with Crippen LogP contribution in [0.2, 0.25) is 0 Å². The van der Waals surface area contributed by atoms with Gasteiger partial charge in [0, 0.05) is 12.2 Å². The lowest BCUT2D eigenvalue weighted by atomic mass is 10.1. The molecule has 1 aliphatic rings. The number of benzene rings is 2. The summed E-state index contributed by atoms with van der Waals surface area (Å²) >= 11 is 0. The Bertz CT molecular complexity index is 833. The van der Waals surface area contributed by atoms with Crippen LogP contribution >= 0.6 is 0 Å². The van der Waals surface area contributed by atoms with Gasteiger partial charge < -0.3 is 10.6 Å². The third kappa shape index (κ3) is 4.73. The zero-order valence-corrected chi connectivity index (χ0v) is 15.7. The maximum absolute atomic E-state index is 12.9. The second-order valence-corrected chi connectivity index (χ2v) is 7.07. The number of anilines is 1. The summed E-state index contributed by atoms with van der Waals surface area (Å²) in [4.78, 5) is 24.8. The van der Waals surface area contributed by atoms with Crippen LogP contribution in [0.1, 0.15) is 30.0 Å². The molecule has 2 N–H and O–H groups in total. The summed E-state index contributed by atoms with van der Waals surface area (Å²) in [7, 11) is 0. The number of carbonyl (C=O) groups is 2. The van der Waals surface area contributed by atoms with Crippen molar-refractivity contribution in [3.8, 4) is 0 Å². The van der Waals surface area contributed by atoms with Gasteiger partial charge in [-0.2, -0.15) is 0 Å². The van der Waals surface area contributed by atoms with E-state index in [1.54, 1.807) is 12.1 Å². The minimum Gasteiger partial charge on any atom is -0.356 e. The number of amides is 2. The topological polar surface area (TPSA) is 58.2 Å². The normalized spacial score (nSPS) is 18.0. The second-order valence-electron chi connectivity index (χ2n) is 7.07. The zero-order chi connectivity index (χ0) is 19.4. The quantitative estimate of drug-likeness (QED) is 0.784. The van der Waals surface area contributed by atoms with Crippen LogP contribution in [0.3, 0.4) is 0 Å². The van der Waals surface area contributed by atoms with Crippen molar-refractivity contribution in [2.45, 2.75) is 33.1 Å². The number of rotatable bonds is 7. The van der Waals surface area contributed by atoms with Gasteiger partial charge in [0.2, 0.25) is 11.8 Å². The first-order chi connectivity index (χ1) is 13.0. The van der Waals surface area contributed by atoms with Crippen LogP contribution in [0.15, 0.2) is 42.5 Å². The first-order valence-electron chi connectivity index (χ1n) is 9.41. The van der Waals surface area contributed by atoms with Crippen LogP contribution in [0, 0.1) is 24.6 Å². The second kappa shape index (κ2) is 8.33. The smallest absolute Gasteiger partial charge is 0.228 e. The maximum Gasteiger partial charge on any atom is 0.228 e. The Kier molecular flexibility index (Phi) is 5.89. The molecule has 0 saturated heterocycles. The summed E-state index contributed by atoms with van der Waals surface area (Å²) in [5, 5.41) is 5.89. The van der Waals surface area contributed by atoms with Crippen molar-refractivity contribution in [2.24, 2.45) is 11.8 Å². The molecule has 1 fully saturated rings. The molecular weight excluding hydrogens is 343 g/mol. The predicted molar refractivity (Wildman–Crippen MR) is 104 cm³/mol. The van der Waals surface area contributed by atoms with E-state index >= 15 is 0 Å². The molecule has 1 aliphatic carbocycles. The van der Waals surface area contributed by atoms with Crippen LogP contribution in [-0.4, -0.2) is 18.4 Å². The molecule has 5 heteroatoms. The molecule has 2 amide bonds. The fourth-order valence-corrected chi connectivity index (χ4v) is 3.30. The molecule has 0 aliphatic heterocycles. The molecule has 0 radical (unpaired) electrons. The number of para-hydroxylation sites is 1. The van der Waals surface area contributed by atoms with Crippen LogP contribution in [0.25, 0.3) is 0 Å². The molecule has 0 heterocycles. The number of hydrogen-bond donors (Lipinski definition) is 2. The van der Waals surface area contributed by atoms with Gasteiger partial charge in [-0.25, -0.2) is 4.39 Å². The van der Waals surface area contributed by atoms with E-state index in [9.17, 15) is 14.0 Å². The molecular formula is C22H25FN2O2. The third-order valence-electron chi connectivity index (χ3n) is 5.08. The highest BCUT2D eigenvalue weighted by Crippen LogP contribution is 2.40. The highest BCUT2D eigenvalue weighted by atomic mass is 19.1. The Hall–Kier alpha value is -2.69. The molecule has 1 saturated carbocycles. The Labute approximate surface area is 159 Å². The Morgan fingerprint density at radius 2 is 1.78 bits per heavy atom. The van der Waals surface area contributed by atoms with Gasteiger partial charge in [0.1, 0.15) is 5.82 Å². The monoisotopic (exact) mass is 368 g/mol. The van der Waals surface area contributed by atoms with E-state index in [0.717, 1.165) is 28.8 Å². The maximum atomic E-state index is 12.9. The molecule has 4 nitrogen and oxygen atoms in total. The van der Waals surface area contributed by atoms with Gasteiger partial charge in [-0.05, 0) is 55.0 Å². The van der Waals surface area contributed by atoms with E-state index in [2.05, 4.69) is 17.6 Å². The van der Waals surface area contributed by atoms with Gasteiger partial charge in [0.05, 0.1) is 11.8 Å². The summed E-state index contributed by atoms with van der Waals surface area (Å²) in [6, 6.07) is 12.2. The average Bonchev–Trinajstić information content (AvgIpc) is 3.46. The number of hydrogen-bond acceptors (Lipinski definition) is 2. The van der Waals surface area contributed by atoms with E-state index in [1.807, 2.05) is 25.1 Å². The van der Waals surface area contributed by atoms with Crippen LogP contribution in [0.4, 0.5) is 10.1 Å². The van der Waals surface area contributed by atoms with Gasteiger partial charge in [0.25, 0.3) is 0 Å². The molecule has 0 spiro atoms. The van der Waals surface area contributed by atoms with Gasteiger partial charge in [-0.1, -0.05) is 37.3 Å². The lowest BCUT2D eigenvalue weighted by Gasteiger charge is -2.13. The van der Waals surface area contributed by atoms with Gasteiger partial charge in [-0.3, -0.25) is 9.59 Å². The SMILES string of the molecule is CCc1cccc(C)c1NC(=O)C1CC1C(=O)NCCc1ccc(F)cc1. The third-order valence-corrected chi connectivity index (χ3v) is 5.08. The molecule has 0 aromatic heterocycles. The molecule has 27 heavy (non-hydrogen) atoms. The predicted octanol–water partition coefficient (Wildman–Crippen LogP) is 3.63. The molecule has 3 rings (SSSR count). The average molecular weight is 368 g/mol. The minimum atomic E-state index is -0.269. The lowest BCUT2D eigenvalue weighted by Crippen LogP contribution is -2.29. The van der Waals surface area contributed by atoms with E-state index in [-0.39, 0.29) is 29.5 Å². The standard InChI is InChI=1S/C22H25FN2O2/c1-3-16-6-4-5-14(2)20(16)25-22(27)19-13-18(19)21(26)24-12-11-15-7-9-17(23)10-8-15/h4-10,18-19H,3,11-13H2,1-2H3,(H,24,26)(H,25,27). The Morgan fingerprint density at radius 3 is 2.48 bits per heavy atom. The van der Waals surface area contributed by atoms with Crippen molar-refractivity contribution in [2.75, 3.05) is 11.9 Å². The van der Waals surface area contributed by atoms with E-state index in [0.29, 0.717) is 19.4 Å². The van der Waals surface area contributed by atoms with Crippen LogP contribution < -0.4 is 10.6 Å². The summed E-state index contributed by atoms with van der Waals surface area (Å²) in [6.07, 6.45) is 2.06. The fraction of sp³-hybridized carbons (Fsp3) is 0.364. The summed E-state index contributed by atoms with van der Waals surface area (Å²) in [5.74, 6) is -0.961. The summed E-state index contributed by atoms with van der Waals surface area (Å²) < 4.78 is 12.9. The van der Waals surface area contributed by atoms with Crippen LogP contribution in [-0.2, 0) is 22.4 Å². The summed E-state index contributed by atoms with van der Waals surface area (Å²) in [5.41, 5.74) is 3.97. The van der Waals surface area contributed by atoms with E-state index < -0.39 is 0 Å². The van der Waals surface area contributed by atoms with Crippen molar-refractivity contribution < 1.29 is 14.0 Å². The fourth-order valence-electron chi connectivity index (χ4n) is 3.30. The highest BCUT2D eigenvalue weighted by Gasteiger charge is 2.48. The number of carbonyl (C=O) groups excluding carboxylic acids is 2. The van der Waals surface area contributed by atoms with E-state index in [1.165, 1.54) is 12.1 Å². The molecule has 2 aromatic rings. The van der Waals surface area contributed by atoms with Gasteiger partial charge in [0.15, 0.2) is 0 Å². The largest absolute Gasteiger partial charge is 0.356 e. The molecule has 0 bridgehead atoms. The van der Waals surface area contributed by atoms with Crippen molar-refractivity contribution in [3.63, 3.8) is 0 Å². The number of aryl methyl sites for hydroxylation is 2. The first kappa shape index (κ1) is 19.1. The molecule has 2 unspecified atom stereocenters. The summed E-state index contributed by atoms with van der Waals surface area (Å²) in [6.45, 7) is 4.51. The lowest BCUT2D eigenvalue weighted by molar-refractivity contribution is -0.125.